The van der Waals surface area contributed by atoms with Crippen LogP contribution in [0.15, 0.2) is 12.1 Å². The van der Waals surface area contributed by atoms with E-state index in [1.165, 1.54) is 24.0 Å². The summed E-state index contributed by atoms with van der Waals surface area (Å²) in [6.07, 6.45) is 6.74. The summed E-state index contributed by atoms with van der Waals surface area (Å²) in [5.41, 5.74) is 4.51. The van der Waals surface area contributed by atoms with Crippen molar-refractivity contribution in [3.05, 3.63) is 29.1 Å². The summed E-state index contributed by atoms with van der Waals surface area (Å²) in [4.78, 5) is 35.5. The first-order valence-corrected chi connectivity index (χ1v) is 17.9. The molecule has 7 nitrogen and oxygen atoms in total. The van der Waals surface area contributed by atoms with E-state index in [4.69, 9.17) is 9.41 Å². The van der Waals surface area contributed by atoms with Crippen LogP contribution in [-0.4, -0.2) is 71.3 Å². The zero-order valence-corrected chi connectivity index (χ0v) is 26.3. The third-order valence-electron chi connectivity index (χ3n) is 9.80. The van der Waals surface area contributed by atoms with Gasteiger partial charge in [-0.05, 0) is 85.7 Å². The van der Waals surface area contributed by atoms with Gasteiger partial charge in [0.05, 0.1) is 11.0 Å². The van der Waals surface area contributed by atoms with E-state index >= 15 is 0 Å². The van der Waals surface area contributed by atoms with E-state index in [1.54, 1.807) is 4.90 Å². The molecule has 0 radical (unpaired) electrons. The standard InChI is InChI=1S/C31H48N4O3Si/c1-20(2)25-17-22(21-9-10-21)18-26-28(25)32-29(33(26)6)30(37)34-15-16-35(27(36)19-34)23-11-13-24(14-12-23)38-39(7,8)31(3,4)5/h17-18,20-21,23-24H,9-16,19H2,1-8H3/t23-,24-. The van der Waals surface area contributed by atoms with Gasteiger partial charge in [0, 0.05) is 32.3 Å². The first-order valence-electron chi connectivity index (χ1n) is 15.0. The molecule has 39 heavy (non-hydrogen) atoms. The molecule has 2 heterocycles. The number of benzene rings is 1. The minimum atomic E-state index is -1.79. The molecule has 0 N–H and O–H groups in total. The number of aromatic nitrogens is 2. The monoisotopic (exact) mass is 552 g/mol. The van der Waals surface area contributed by atoms with Crippen LogP contribution in [0.4, 0.5) is 0 Å². The Morgan fingerprint density at radius 2 is 1.72 bits per heavy atom. The van der Waals surface area contributed by atoms with Crippen molar-refractivity contribution in [1.29, 1.82) is 0 Å². The van der Waals surface area contributed by atoms with Gasteiger partial charge in [0.1, 0.15) is 6.54 Å². The van der Waals surface area contributed by atoms with Crippen molar-refractivity contribution in [1.82, 2.24) is 19.4 Å². The molecular formula is C31H48N4O3Si. The second-order valence-electron chi connectivity index (χ2n) is 14.0. The van der Waals surface area contributed by atoms with Gasteiger partial charge in [-0.25, -0.2) is 4.98 Å². The molecule has 0 atom stereocenters. The minimum absolute atomic E-state index is 0.0565. The zero-order valence-electron chi connectivity index (χ0n) is 25.3. The fourth-order valence-electron chi connectivity index (χ4n) is 6.08. The Kier molecular flexibility index (Phi) is 7.51. The maximum atomic E-state index is 13.6. The Bertz CT molecular complexity index is 1250. The third kappa shape index (κ3) is 5.56. The van der Waals surface area contributed by atoms with Gasteiger partial charge in [-0.2, -0.15) is 0 Å². The SMILES string of the molecule is CC(C)c1cc(C2CC2)cc2c1nc(C(=O)N1CCN([C@H]3CC[C@H](O[Si](C)(C)C(C)(C)C)CC3)C(=O)C1)n2C. The lowest BCUT2D eigenvalue weighted by atomic mass is 9.91. The van der Waals surface area contributed by atoms with E-state index in [1.807, 2.05) is 16.5 Å². The molecule has 2 aromatic rings. The smallest absolute Gasteiger partial charge is 0.290 e. The van der Waals surface area contributed by atoms with Gasteiger partial charge in [0.25, 0.3) is 5.91 Å². The number of piperazine rings is 1. The second-order valence-corrected chi connectivity index (χ2v) is 18.8. The van der Waals surface area contributed by atoms with Crippen LogP contribution in [0.3, 0.4) is 0 Å². The molecule has 5 rings (SSSR count). The van der Waals surface area contributed by atoms with E-state index < -0.39 is 8.32 Å². The number of nitrogens with zero attached hydrogens (tertiary/aromatic N) is 4. The van der Waals surface area contributed by atoms with Gasteiger partial charge in [-0.15, -0.1) is 0 Å². The fraction of sp³-hybridized carbons (Fsp3) is 0.710. The molecule has 2 amide bonds. The highest BCUT2D eigenvalue weighted by molar-refractivity contribution is 6.74. The number of carbonyl (C=O) groups excluding carboxylic acids is 2. The molecule has 1 aliphatic heterocycles. The van der Waals surface area contributed by atoms with E-state index in [0.717, 1.165) is 36.7 Å². The summed E-state index contributed by atoms with van der Waals surface area (Å²) in [5.74, 6) is 1.32. The highest BCUT2D eigenvalue weighted by Crippen LogP contribution is 2.43. The lowest BCUT2D eigenvalue weighted by molar-refractivity contribution is -0.138. The van der Waals surface area contributed by atoms with Gasteiger partial charge in [0.15, 0.2) is 14.1 Å². The quantitative estimate of drug-likeness (QED) is 0.401. The van der Waals surface area contributed by atoms with Crippen molar-refractivity contribution in [3.63, 3.8) is 0 Å². The van der Waals surface area contributed by atoms with Crippen LogP contribution in [0.2, 0.25) is 18.1 Å². The Balaban J connectivity index is 1.24. The maximum Gasteiger partial charge on any atom is 0.290 e. The Morgan fingerprint density at radius 1 is 1.05 bits per heavy atom. The van der Waals surface area contributed by atoms with Gasteiger partial charge in [0.2, 0.25) is 5.91 Å². The lowest BCUT2D eigenvalue weighted by Crippen LogP contribution is -2.56. The van der Waals surface area contributed by atoms with Gasteiger partial charge >= 0.3 is 0 Å². The summed E-state index contributed by atoms with van der Waals surface area (Å²) < 4.78 is 8.60. The zero-order chi connectivity index (χ0) is 28.3. The van der Waals surface area contributed by atoms with Crippen LogP contribution < -0.4 is 0 Å². The highest BCUT2D eigenvalue weighted by atomic mass is 28.4. The van der Waals surface area contributed by atoms with Crippen molar-refractivity contribution in [3.8, 4) is 0 Å². The molecule has 1 aromatic carbocycles. The number of hydrogen-bond acceptors (Lipinski definition) is 4. The number of rotatable bonds is 6. The molecule has 3 fully saturated rings. The summed E-state index contributed by atoms with van der Waals surface area (Å²) in [7, 11) is 0.149. The van der Waals surface area contributed by atoms with Crippen LogP contribution in [-0.2, 0) is 16.3 Å². The number of imidazole rings is 1. The average molecular weight is 553 g/mol. The molecule has 8 heteroatoms. The molecule has 2 saturated carbocycles. The second kappa shape index (κ2) is 10.3. The van der Waals surface area contributed by atoms with Crippen LogP contribution in [0.1, 0.15) is 107 Å². The van der Waals surface area contributed by atoms with E-state index in [0.29, 0.717) is 36.9 Å². The summed E-state index contributed by atoms with van der Waals surface area (Å²) in [6, 6.07) is 4.76. The third-order valence-corrected chi connectivity index (χ3v) is 14.3. The van der Waals surface area contributed by atoms with E-state index in [9.17, 15) is 9.59 Å². The van der Waals surface area contributed by atoms with Crippen LogP contribution >= 0.6 is 0 Å². The van der Waals surface area contributed by atoms with Crippen LogP contribution in [0.25, 0.3) is 11.0 Å². The number of fused-ring (bicyclic) bond motifs is 1. The van der Waals surface area contributed by atoms with Crippen LogP contribution in [0, 0.1) is 0 Å². The van der Waals surface area contributed by atoms with E-state index in [2.05, 4.69) is 59.8 Å². The summed E-state index contributed by atoms with van der Waals surface area (Å²) in [5, 5.41) is 0.206. The highest BCUT2D eigenvalue weighted by Gasteiger charge is 2.41. The van der Waals surface area contributed by atoms with E-state index in [-0.39, 0.29) is 29.4 Å². The molecule has 2 aliphatic carbocycles. The molecule has 1 aromatic heterocycles. The van der Waals surface area contributed by atoms with Crippen molar-refractivity contribution >= 4 is 31.2 Å². The molecule has 1 saturated heterocycles. The normalized spacial score (nSPS) is 23.3. The average Bonchev–Trinajstić information content (AvgIpc) is 3.66. The largest absolute Gasteiger partial charge is 0.414 e. The first-order chi connectivity index (χ1) is 18.3. The summed E-state index contributed by atoms with van der Waals surface area (Å²) in [6.45, 7) is 17.1. The molecule has 0 unspecified atom stereocenters. The first kappa shape index (κ1) is 28.3. The van der Waals surface area contributed by atoms with Crippen molar-refractivity contribution in [2.24, 2.45) is 7.05 Å². The molecule has 0 spiro atoms. The summed E-state index contributed by atoms with van der Waals surface area (Å²) >= 11 is 0. The van der Waals surface area contributed by atoms with Crippen molar-refractivity contribution < 1.29 is 14.0 Å². The molecule has 214 valence electrons. The topological polar surface area (TPSA) is 67.7 Å². The molecule has 0 bridgehead atoms. The Hall–Kier alpha value is -2.19. The van der Waals surface area contributed by atoms with Gasteiger partial charge < -0.3 is 18.8 Å². The number of carbonyl (C=O) groups is 2. The predicted molar refractivity (Wildman–Crippen MR) is 159 cm³/mol. The minimum Gasteiger partial charge on any atom is -0.414 e. The number of hydrogen-bond donors (Lipinski definition) is 0. The van der Waals surface area contributed by atoms with Gasteiger partial charge in [-0.3, -0.25) is 9.59 Å². The predicted octanol–water partition coefficient (Wildman–Crippen LogP) is 6.19. The van der Waals surface area contributed by atoms with Crippen LogP contribution in [0.5, 0.6) is 0 Å². The maximum absolute atomic E-state index is 13.6. The molecular weight excluding hydrogens is 504 g/mol. The number of aryl methyl sites for hydroxylation is 1. The van der Waals surface area contributed by atoms with Crippen molar-refractivity contribution in [2.75, 3.05) is 19.6 Å². The van der Waals surface area contributed by atoms with Crippen molar-refractivity contribution in [2.45, 2.75) is 115 Å². The lowest BCUT2D eigenvalue weighted by Gasteiger charge is -2.44. The van der Waals surface area contributed by atoms with Gasteiger partial charge in [-0.1, -0.05) is 40.7 Å². The molecule has 3 aliphatic rings. The Labute approximate surface area is 235 Å². The fourth-order valence-corrected chi connectivity index (χ4v) is 7.50. The Morgan fingerprint density at radius 3 is 2.28 bits per heavy atom. The number of amides is 2.